The van der Waals surface area contributed by atoms with Gasteiger partial charge in [-0.15, -0.1) is 10.2 Å². The van der Waals surface area contributed by atoms with Crippen LogP contribution in [0.25, 0.3) is 0 Å². The second kappa shape index (κ2) is 6.96. The van der Waals surface area contributed by atoms with Gasteiger partial charge in [-0.25, -0.2) is 4.79 Å². The van der Waals surface area contributed by atoms with Crippen molar-refractivity contribution in [3.63, 3.8) is 0 Å². The van der Waals surface area contributed by atoms with Crippen LogP contribution >= 0.6 is 0 Å². The molecule has 2 aromatic carbocycles. The van der Waals surface area contributed by atoms with Crippen LogP contribution in [0.4, 0.5) is 23.1 Å². The lowest BCUT2D eigenvalue weighted by Gasteiger charge is -2.10. The predicted octanol–water partition coefficient (Wildman–Crippen LogP) is 3.67. The average Bonchev–Trinajstić information content (AvgIpc) is 2.59. The van der Waals surface area contributed by atoms with Crippen LogP contribution in [0.1, 0.15) is 21.6 Å². The van der Waals surface area contributed by atoms with Gasteiger partial charge in [0.2, 0.25) is 11.6 Å². The number of aryl methyl sites for hydroxylation is 2. The average molecular weight is 335 g/mol. The highest BCUT2D eigenvalue weighted by molar-refractivity contribution is 5.91. The number of nitrogens with one attached hydrogen (secondary N) is 2. The second-order valence-corrected chi connectivity index (χ2v) is 5.62. The van der Waals surface area contributed by atoms with Crippen molar-refractivity contribution in [1.29, 1.82) is 0 Å². The van der Waals surface area contributed by atoms with Gasteiger partial charge in [0, 0.05) is 11.4 Å². The molecule has 0 spiro atoms. The summed E-state index contributed by atoms with van der Waals surface area (Å²) in [6.45, 7) is 3.97. The van der Waals surface area contributed by atoms with E-state index in [0.29, 0.717) is 0 Å². The van der Waals surface area contributed by atoms with Crippen LogP contribution in [-0.4, -0.2) is 26.3 Å². The Bertz CT molecular complexity index is 892. The Morgan fingerprint density at radius 1 is 0.840 bits per heavy atom. The summed E-state index contributed by atoms with van der Waals surface area (Å²) in [6, 6.07) is 15.2. The predicted molar refractivity (Wildman–Crippen MR) is 95.7 cm³/mol. The van der Waals surface area contributed by atoms with Gasteiger partial charge in [-0.3, -0.25) is 0 Å². The zero-order valence-electron chi connectivity index (χ0n) is 13.8. The van der Waals surface area contributed by atoms with Gasteiger partial charge in [-0.2, -0.15) is 4.98 Å². The largest absolute Gasteiger partial charge is 0.476 e. The van der Waals surface area contributed by atoms with Crippen molar-refractivity contribution in [3.05, 3.63) is 65.4 Å². The molecule has 126 valence electrons. The summed E-state index contributed by atoms with van der Waals surface area (Å²) in [5, 5.41) is 22.9. The minimum absolute atomic E-state index is 0.126. The summed E-state index contributed by atoms with van der Waals surface area (Å²) in [6.07, 6.45) is 0. The Morgan fingerprint density at radius 3 is 1.88 bits per heavy atom. The first-order valence-electron chi connectivity index (χ1n) is 7.66. The van der Waals surface area contributed by atoms with E-state index in [1.165, 1.54) is 0 Å². The molecule has 0 saturated heterocycles. The van der Waals surface area contributed by atoms with Crippen molar-refractivity contribution >= 4 is 29.1 Å². The Kier molecular flexibility index (Phi) is 4.56. The molecule has 3 N–H and O–H groups in total. The van der Waals surface area contributed by atoms with Crippen molar-refractivity contribution < 1.29 is 9.90 Å². The molecule has 0 aliphatic heterocycles. The lowest BCUT2D eigenvalue weighted by molar-refractivity contribution is 0.0690. The number of carbonyl (C=O) groups is 1. The topological polar surface area (TPSA) is 100 Å². The fourth-order valence-corrected chi connectivity index (χ4v) is 2.15. The van der Waals surface area contributed by atoms with E-state index in [1.807, 2.05) is 62.4 Å². The third kappa shape index (κ3) is 4.08. The van der Waals surface area contributed by atoms with Gasteiger partial charge in [0.25, 0.3) is 0 Å². The Balaban J connectivity index is 1.89. The maximum Gasteiger partial charge on any atom is 0.360 e. The third-order valence-electron chi connectivity index (χ3n) is 3.51. The van der Waals surface area contributed by atoms with E-state index in [2.05, 4.69) is 25.8 Å². The van der Waals surface area contributed by atoms with E-state index >= 15 is 0 Å². The summed E-state index contributed by atoms with van der Waals surface area (Å²) < 4.78 is 0. The lowest BCUT2D eigenvalue weighted by Crippen LogP contribution is -2.11. The van der Waals surface area contributed by atoms with Crippen molar-refractivity contribution in [2.45, 2.75) is 13.8 Å². The number of nitrogens with zero attached hydrogens (tertiary/aromatic N) is 3. The Hall–Kier alpha value is -3.48. The van der Waals surface area contributed by atoms with E-state index in [4.69, 9.17) is 0 Å². The molecule has 0 atom stereocenters. The van der Waals surface area contributed by atoms with E-state index in [-0.39, 0.29) is 17.5 Å². The van der Waals surface area contributed by atoms with Crippen molar-refractivity contribution in [3.8, 4) is 0 Å². The number of hydrogen-bond acceptors (Lipinski definition) is 6. The minimum atomic E-state index is -1.20. The molecule has 7 heteroatoms. The van der Waals surface area contributed by atoms with Crippen LogP contribution in [0.2, 0.25) is 0 Å². The smallest absolute Gasteiger partial charge is 0.360 e. The molecule has 0 aliphatic carbocycles. The first-order valence-corrected chi connectivity index (χ1v) is 7.66. The Labute approximate surface area is 144 Å². The normalized spacial score (nSPS) is 10.3. The quantitative estimate of drug-likeness (QED) is 0.654. The molecule has 0 bridgehead atoms. The highest BCUT2D eigenvalue weighted by Crippen LogP contribution is 2.20. The third-order valence-corrected chi connectivity index (χ3v) is 3.51. The summed E-state index contributed by atoms with van der Waals surface area (Å²) in [5.41, 5.74) is 3.50. The highest BCUT2D eigenvalue weighted by atomic mass is 16.4. The maximum absolute atomic E-state index is 11.4. The molecule has 3 aromatic rings. The van der Waals surface area contributed by atoms with E-state index in [9.17, 15) is 9.90 Å². The zero-order valence-corrected chi connectivity index (χ0v) is 13.8. The molecule has 0 unspecified atom stereocenters. The first-order chi connectivity index (χ1) is 12.0. The van der Waals surface area contributed by atoms with Crippen LogP contribution in [0.3, 0.4) is 0 Å². The molecule has 7 nitrogen and oxygen atoms in total. The summed E-state index contributed by atoms with van der Waals surface area (Å²) in [5.74, 6) is -0.860. The number of aromatic carboxylic acids is 1. The number of carboxylic acids is 1. The van der Waals surface area contributed by atoms with Crippen LogP contribution in [0.5, 0.6) is 0 Å². The second-order valence-electron chi connectivity index (χ2n) is 5.62. The first kappa shape index (κ1) is 16.4. The van der Waals surface area contributed by atoms with Crippen molar-refractivity contribution in [2.24, 2.45) is 0 Å². The number of rotatable bonds is 5. The number of anilines is 4. The van der Waals surface area contributed by atoms with Crippen LogP contribution in [-0.2, 0) is 0 Å². The molecule has 3 rings (SSSR count). The highest BCUT2D eigenvalue weighted by Gasteiger charge is 2.16. The molecule has 1 heterocycles. The lowest BCUT2D eigenvalue weighted by atomic mass is 10.2. The molecular weight excluding hydrogens is 318 g/mol. The van der Waals surface area contributed by atoms with Crippen LogP contribution < -0.4 is 10.6 Å². The fraction of sp³-hybridized carbons (Fsp3) is 0.111. The summed E-state index contributed by atoms with van der Waals surface area (Å²) in [4.78, 5) is 15.6. The van der Waals surface area contributed by atoms with E-state index in [0.717, 1.165) is 22.5 Å². The van der Waals surface area contributed by atoms with Gasteiger partial charge in [0.1, 0.15) is 0 Å². The van der Waals surface area contributed by atoms with Gasteiger partial charge in [-0.1, -0.05) is 35.4 Å². The zero-order chi connectivity index (χ0) is 17.8. The summed E-state index contributed by atoms with van der Waals surface area (Å²) in [7, 11) is 0. The van der Waals surface area contributed by atoms with Crippen molar-refractivity contribution in [2.75, 3.05) is 10.6 Å². The summed E-state index contributed by atoms with van der Waals surface area (Å²) >= 11 is 0. The monoisotopic (exact) mass is 335 g/mol. The molecular formula is C18H17N5O2. The molecule has 0 amide bonds. The van der Waals surface area contributed by atoms with Gasteiger partial charge in [0.05, 0.1) is 0 Å². The molecule has 0 fully saturated rings. The van der Waals surface area contributed by atoms with E-state index in [1.54, 1.807) is 0 Å². The standard InChI is InChI=1S/C18H17N5O2/c1-11-3-7-13(8-4-11)19-16-15(17(24)25)22-23-18(21-16)20-14-9-5-12(2)6-10-14/h3-10H,1-2H3,(H,24,25)(H2,19,20,21,23). The van der Waals surface area contributed by atoms with Gasteiger partial charge < -0.3 is 15.7 Å². The number of carboxylic acid groups (broad SMARTS) is 1. The van der Waals surface area contributed by atoms with Crippen molar-refractivity contribution in [1.82, 2.24) is 15.2 Å². The minimum Gasteiger partial charge on any atom is -0.476 e. The number of benzene rings is 2. The molecule has 0 radical (unpaired) electrons. The molecule has 1 aromatic heterocycles. The molecule has 0 aliphatic rings. The SMILES string of the molecule is Cc1ccc(Nc2nnc(C(=O)O)c(Nc3ccc(C)cc3)n2)cc1. The fourth-order valence-electron chi connectivity index (χ4n) is 2.15. The van der Waals surface area contributed by atoms with E-state index < -0.39 is 5.97 Å². The Morgan fingerprint density at radius 2 is 1.36 bits per heavy atom. The van der Waals surface area contributed by atoms with Crippen LogP contribution in [0.15, 0.2) is 48.5 Å². The molecule has 25 heavy (non-hydrogen) atoms. The van der Waals surface area contributed by atoms with Crippen LogP contribution in [0, 0.1) is 13.8 Å². The number of hydrogen-bond donors (Lipinski definition) is 3. The van der Waals surface area contributed by atoms with Gasteiger partial charge in [-0.05, 0) is 38.1 Å². The molecule has 0 saturated carbocycles. The maximum atomic E-state index is 11.4. The van der Waals surface area contributed by atoms with Gasteiger partial charge >= 0.3 is 5.97 Å². The van der Waals surface area contributed by atoms with Gasteiger partial charge in [0.15, 0.2) is 5.82 Å². The number of aromatic nitrogens is 3.